The molecule has 2 heterocycles. The fraction of sp³-hybridized carbons (Fsp3) is 0.250. The van der Waals surface area contributed by atoms with Crippen molar-refractivity contribution < 1.29 is 23.4 Å². The Balaban J connectivity index is 2.54. The van der Waals surface area contributed by atoms with E-state index in [1.165, 1.54) is 45.4 Å². The normalized spacial score (nSPS) is 15.9. The molecule has 1 aliphatic heterocycles. The van der Waals surface area contributed by atoms with Gasteiger partial charge in [-0.3, -0.25) is 9.98 Å². The summed E-state index contributed by atoms with van der Waals surface area (Å²) in [4.78, 5) is 13.7. The molecule has 9 nitrogen and oxygen atoms in total. The van der Waals surface area contributed by atoms with Gasteiger partial charge >= 0.3 is 0 Å². The van der Waals surface area contributed by atoms with Crippen LogP contribution in [0.15, 0.2) is 67.8 Å². The third-order valence-electron chi connectivity index (χ3n) is 3.72. The van der Waals surface area contributed by atoms with Crippen LogP contribution in [0.4, 0.5) is 4.39 Å². The summed E-state index contributed by atoms with van der Waals surface area (Å²) in [5.41, 5.74) is 2.08. The van der Waals surface area contributed by atoms with E-state index in [1.807, 2.05) is 0 Å². The number of halogens is 1. The molecule has 164 valence electrons. The van der Waals surface area contributed by atoms with Crippen LogP contribution in [0.3, 0.4) is 0 Å². The minimum Gasteiger partial charge on any atom is -0.499 e. The van der Waals surface area contributed by atoms with E-state index in [9.17, 15) is 4.39 Å². The molecular weight excluding hydrogens is 425 g/mol. The van der Waals surface area contributed by atoms with Crippen molar-refractivity contribution in [3.05, 3.63) is 64.5 Å². The quantitative estimate of drug-likeness (QED) is 0.343. The number of oxime groups is 1. The average molecular weight is 447 g/mol. The van der Waals surface area contributed by atoms with Crippen LogP contribution in [-0.2, 0) is 19.0 Å². The fourth-order valence-electron chi connectivity index (χ4n) is 2.33. The number of rotatable bonds is 8. The summed E-state index contributed by atoms with van der Waals surface area (Å²) < 4.78 is 31.0. The van der Waals surface area contributed by atoms with Crippen LogP contribution >= 0.6 is 11.8 Å². The van der Waals surface area contributed by atoms with Gasteiger partial charge in [-0.1, -0.05) is 23.5 Å². The van der Waals surface area contributed by atoms with Crippen molar-refractivity contribution >= 4 is 36.1 Å². The molecule has 0 saturated heterocycles. The number of ether oxygens (including phenoxy) is 3. The molecule has 1 aromatic rings. The molecule has 0 radical (unpaired) electrons. The molecule has 11 heteroatoms. The van der Waals surface area contributed by atoms with Crippen molar-refractivity contribution in [1.82, 2.24) is 4.98 Å². The van der Waals surface area contributed by atoms with E-state index in [2.05, 4.69) is 43.5 Å². The van der Waals surface area contributed by atoms with E-state index in [0.717, 1.165) is 6.20 Å². The summed E-state index contributed by atoms with van der Waals surface area (Å²) in [6, 6.07) is 1.43. The molecular formula is C20H22FN5O4S. The summed E-state index contributed by atoms with van der Waals surface area (Å²) in [7, 11) is 4.28. The molecule has 0 amide bonds. The smallest absolute Gasteiger partial charge is 0.256 e. The highest BCUT2D eigenvalue weighted by molar-refractivity contribution is 8.15. The van der Waals surface area contributed by atoms with E-state index in [4.69, 9.17) is 14.2 Å². The van der Waals surface area contributed by atoms with Crippen molar-refractivity contribution in [3.63, 3.8) is 0 Å². The highest BCUT2D eigenvalue weighted by Crippen LogP contribution is 2.27. The van der Waals surface area contributed by atoms with Gasteiger partial charge in [-0.05, 0) is 12.1 Å². The maximum Gasteiger partial charge on any atom is 0.256 e. The first-order chi connectivity index (χ1) is 15.0. The minimum atomic E-state index is -0.995. The zero-order valence-electron chi connectivity index (χ0n) is 17.3. The molecule has 0 bridgehead atoms. The number of nitrogens with zero attached hydrogens (tertiary/aromatic N) is 5. The number of hydrogen-bond donors (Lipinski definition) is 0. The molecule has 31 heavy (non-hydrogen) atoms. The lowest BCUT2D eigenvalue weighted by molar-refractivity contribution is 0.150. The van der Waals surface area contributed by atoms with Crippen LogP contribution in [0.2, 0.25) is 0 Å². The molecule has 0 N–H and O–H groups in total. The third-order valence-corrected chi connectivity index (χ3v) is 4.40. The maximum absolute atomic E-state index is 14.1. The van der Waals surface area contributed by atoms with Crippen molar-refractivity contribution in [2.45, 2.75) is 6.10 Å². The van der Waals surface area contributed by atoms with Gasteiger partial charge in [0.15, 0.2) is 0 Å². The van der Waals surface area contributed by atoms with E-state index >= 15 is 0 Å². The van der Waals surface area contributed by atoms with Crippen LogP contribution in [0, 0.1) is 5.82 Å². The first-order valence-electron chi connectivity index (χ1n) is 8.78. The number of aliphatic imine (C=N–C) groups is 1. The number of aromatic nitrogens is 1. The zero-order valence-corrected chi connectivity index (χ0v) is 18.1. The maximum atomic E-state index is 14.1. The molecule has 1 aliphatic rings. The number of thioether (sulfide) groups is 1. The molecule has 0 fully saturated rings. The van der Waals surface area contributed by atoms with Gasteiger partial charge in [0.1, 0.15) is 24.4 Å². The number of allylic oxidation sites excluding steroid dienone is 2. The standard InChI is InChI=1S/C20H22FN5O4S/c1-13-6-15(8-16(27-3)10-23-12-31-13)30-19(20(28-4)26-22-2)18-7-14(9-25-29-5)17(21)11-24-18/h6-9,11-12,19H,1-2,10H2,3-5H3/b15-6?,16-8?,23-12?,25-9+,26-20-. The van der Waals surface area contributed by atoms with Gasteiger partial charge in [0.2, 0.25) is 6.10 Å². The van der Waals surface area contributed by atoms with Crippen LogP contribution in [0.1, 0.15) is 17.4 Å². The third kappa shape index (κ3) is 7.07. The van der Waals surface area contributed by atoms with E-state index in [1.54, 1.807) is 17.7 Å². The van der Waals surface area contributed by atoms with Gasteiger partial charge in [0.05, 0.1) is 44.4 Å². The van der Waals surface area contributed by atoms with Gasteiger partial charge in [-0.2, -0.15) is 5.10 Å². The van der Waals surface area contributed by atoms with Crippen molar-refractivity contribution in [3.8, 4) is 0 Å². The number of pyridine rings is 1. The molecule has 0 spiro atoms. The highest BCUT2D eigenvalue weighted by atomic mass is 32.2. The molecule has 2 rings (SSSR count). The van der Waals surface area contributed by atoms with E-state index in [0.29, 0.717) is 23.0 Å². The summed E-state index contributed by atoms with van der Waals surface area (Å²) in [5, 5.41) is 11.0. The van der Waals surface area contributed by atoms with Crippen molar-refractivity contribution in [2.75, 3.05) is 27.9 Å². The Hall–Kier alpha value is -3.47. The monoisotopic (exact) mass is 447 g/mol. The highest BCUT2D eigenvalue weighted by Gasteiger charge is 2.26. The summed E-state index contributed by atoms with van der Waals surface area (Å²) in [6.45, 7) is 7.62. The Bertz CT molecular complexity index is 959. The molecule has 0 aromatic carbocycles. The Morgan fingerprint density at radius 2 is 2.13 bits per heavy atom. The molecule has 1 unspecified atom stereocenters. The predicted molar refractivity (Wildman–Crippen MR) is 120 cm³/mol. The van der Waals surface area contributed by atoms with Gasteiger partial charge in [-0.25, -0.2) is 4.39 Å². The van der Waals surface area contributed by atoms with Crippen LogP contribution in [-0.4, -0.2) is 57.2 Å². The fourth-order valence-corrected chi connectivity index (χ4v) is 2.80. The second kappa shape index (κ2) is 12.3. The van der Waals surface area contributed by atoms with Gasteiger partial charge < -0.3 is 19.0 Å². The Morgan fingerprint density at radius 3 is 2.81 bits per heavy atom. The number of methoxy groups -OCH3 is 2. The second-order valence-corrected chi connectivity index (χ2v) is 6.69. The van der Waals surface area contributed by atoms with Crippen LogP contribution in [0.25, 0.3) is 0 Å². The summed E-state index contributed by atoms with van der Waals surface area (Å²) in [5.74, 6) is 0.378. The molecule has 1 atom stereocenters. The minimum absolute atomic E-state index is 0.0476. The van der Waals surface area contributed by atoms with E-state index in [-0.39, 0.29) is 17.2 Å². The second-order valence-electron chi connectivity index (χ2n) is 5.72. The Kier molecular flexibility index (Phi) is 9.43. The lowest BCUT2D eigenvalue weighted by Crippen LogP contribution is -2.19. The van der Waals surface area contributed by atoms with Crippen LogP contribution < -0.4 is 0 Å². The molecule has 0 aliphatic carbocycles. The SMILES string of the molecule is C=N/N=C(\OC)C(OC1=CC(=C)SC=NCC(OC)=C1)c1cc(/C=N/OC)c(F)cn1. The summed E-state index contributed by atoms with van der Waals surface area (Å²) in [6.07, 6.45) is 4.61. The van der Waals surface area contributed by atoms with Crippen molar-refractivity contribution in [1.29, 1.82) is 0 Å². The Morgan fingerprint density at radius 1 is 1.32 bits per heavy atom. The number of hydrogen-bond acceptors (Lipinski definition) is 10. The first kappa shape index (κ1) is 23.8. The van der Waals surface area contributed by atoms with Gasteiger partial charge in [-0.15, -0.1) is 5.10 Å². The largest absolute Gasteiger partial charge is 0.499 e. The lowest BCUT2D eigenvalue weighted by atomic mass is 10.1. The Labute approximate surface area is 183 Å². The van der Waals surface area contributed by atoms with E-state index < -0.39 is 11.9 Å². The lowest BCUT2D eigenvalue weighted by Gasteiger charge is -2.20. The summed E-state index contributed by atoms with van der Waals surface area (Å²) >= 11 is 1.32. The van der Waals surface area contributed by atoms with Gasteiger partial charge in [0, 0.05) is 23.3 Å². The molecule has 0 saturated carbocycles. The molecule has 1 aromatic heterocycles. The topological polar surface area (TPSA) is 99.3 Å². The first-order valence-corrected chi connectivity index (χ1v) is 9.66. The van der Waals surface area contributed by atoms with Crippen molar-refractivity contribution in [2.24, 2.45) is 20.4 Å². The predicted octanol–water partition coefficient (Wildman–Crippen LogP) is 3.62. The zero-order chi connectivity index (χ0) is 22.6. The van der Waals surface area contributed by atoms with Crippen LogP contribution in [0.5, 0.6) is 0 Å². The van der Waals surface area contributed by atoms with Gasteiger partial charge in [0.25, 0.3) is 5.90 Å². The average Bonchev–Trinajstić information content (AvgIpc) is 2.85.